The predicted molar refractivity (Wildman–Crippen MR) is 96.4 cm³/mol. The van der Waals surface area contributed by atoms with E-state index in [0.29, 0.717) is 16.1 Å². The second-order valence-electron chi connectivity index (χ2n) is 5.16. The molecule has 0 aliphatic heterocycles. The number of ether oxygens (including phenoxy) is 2. The fourth-order valence-electron chi connectivity index (χ4n) is 1.96. The summed E-state index contributed by atoms with van der Waals surface area (Å²) in [6, 6.07) is 10.8. The Kier molecular flexibility index (Phi) is 7.00. The van der Waals surface area contributed by atoms with Crippen LogP contribution >= 0.6 is 23.2 Å². The zero-order valence-electron chi connectivity index (χ0n) is 13.8. The summed E-state index contributed by atoms with van der Waals surface area (Å²) in [7, 11) is 1.30. The Morgan fingerprint density at radius 2 is 1.62 bits per heavy atom. The minimum absolute atomic E-state index is 0.0168. The fraction of sp³-hybridized carbons (Fsp3) is 0.167. The highest BCUT2D eigenvalue weighted by Gasteiger charge is 2.11. The van der Waals surface area contributed by atoms with E-state index in [1.807, 2.05) is 0 Å². The maximum atomic E-state index is 12.0. The average Bonchev–Trinajstić information content (AvgIpc) is 2.66. The van der Waals surface area contributed by atoms with Gasteiger partial charge in [-0.15, -0.1) is 0 Å². The van der Waals surface area contributed by atoms with Crippen LogP contribution in [0.2, 0.25) is 10.0 Å². The molecule has 0 bridgehead atoms. The van der Waals surface area contributed by atoms with E-state index in [-0.39, 0.29) is 23.7 Å². The molecule has 1 amide bonds. The molecule has 0 atom stereocenters. The molecule has 0 aromatic heterocycles. The van der Waals surface area contributed by atoms with E-state index < -0.39 is 17.8 Å². The van der Waals surface area contributed by atoms with Crippen molar-refractivity contribution in [1.82, 2.24) is 5.32 Å². The molecule has 2 aromatic rings. The van der Waals surface area contributed by atoms with Crippen molar-refractivity contribution in [2.45, 2.75) is 6.61 Å². The lowest BCUT2D eigenvalue weighted by Gasteiger charge is -2.08. The van der Waals surface area contributed by atoms with Gasteiger partial charge in [0.15, 0.2) is 0 Å². The van der Waals surface area contributed by atoms with Gasteiger partial charge in [-0.05, 0) is 35.9 Å². The van der Waals surface area contributed by atoms with Crippen molar-refractivity contribution in [1.29, 1.82) is 0 Å². The molecular formula is C18H15Cl2NO5. The second-order valence-corrected chi connectivity index (χ2v) is 5.98. The van der Waals surface area contributed by atoms with Crippen LogP contribution in [0.1, 0.15) is 26.3 Å². The number of benzene rings is 2. The van der Waals surface area contributed by atoms with Crippen LogP contribution < -0.4 is 5.32 Å². The molecule has 26 heavy (non-hydrogen) atoms. The summed E-state index contributed by atoms with van der Waals surface area (Å²) < 4.78 is 9.67. The number of carbonyl (C=O) groups excluding carboxylic acids is 3. The largest absolute Gasteiger partial charge is 0.465 e. The lowest BCUT2D eigenvalue weighted by Crippen LogP contribution is -2.30. The van der Waals surface area contributed by atoms with Gasteiger partial charge in [-0.3, -0.25) is 9.59 Å². The molecule has 8 heteroatoms. The van der Waals surface area contributed by atoms with Crippen molar-refractivity contribution < 1.29 is 23.9 Å². The fourth-order valence-corrected chi connectivity index (χ4v) is 2.26. The Hall–Kier alpha value is -2.57. The first-order valence-corrected chi connectivity index (χ1v) is 8.22. The molecule has 0 radical (unpaired) electrons. The number of rotatable bonds is 6. The first-order valence-electron chi connectivity index (χ1n) is 7.47. The minimum Gasteiger partial charge on any atom is -0.465 e. The van der Waals surface area contributed by atoms with E-state index in [9.17, 15) is 14.4 Å². The third kappa shape index (κ3) is 5.47. The number of nitrogens with one attached hydrogen (secondary N) is 1. The molecule has 0 heterocycles. The lowest BCUT2D eigenvalue weighted by atomic mass is 10.1. The molecule has 0 aliphatic carbocycles. The smallest absolute Gasteiger partial charge is 0.337 e. The normalized spacial score (nSPS) is 10.1. The Morgan fingerprint density at radius 1 is 0.962 bits per heavy atom. The van der Waals surface area contributed by atoms with Gasteiger partial charge in [0.2, 0.25) is 0 Å². The highest BCUT2D eigenvalue weighted by atomic mass is 35.5. The van der Waals surface area contributed by atoms with Crippen LogP contribution in [0.15, 0.2) is 42.5 Å². The van der Waals surface area contributed by atoms with Crippen molar-refractivity contribution in [2.24, 2.45) is 0 Å². The van der Waals surface area contributed by atoms with Gasteiger partial charge < -0.3 is 14.8 Å². The molecule has 0 saturated heterocycles. The molecule has 2 aromatic carbocycles. The molecule has 6 nitrogen and oxygen atoms in total. The van der Waals surface area contributed by atoms with Crippen LogP contribution in [0.5, 0.6) is 0 Å². The van der Waals surface area contributed by atoms with Gasteiger partial charge in [-0.1, -0.05) is 35.3 Å². The van der Waals surface area contributed by atoms with Crippen molar-refractivity contribution in [2.75, 3.05) is 13.7 Å². The minimum atomic E-state index is -0.601. The summed E-state index contributed by atoms with van der Waals surface area (Å²) in [4.78, 5) is 35.0. The third-order valence-corrected chi connectivity index (χ3v) is 4.09. The van der Waals surface area contributed by atoms with E-state index in [1.165, 1.54) is 25.3 Å². The molecule has 2 rings (SSSR count). The van der Waals surface area contributed by atoms with Crippen molar-refractivity contribution in [3.63, 3.8) is 0 Å². The highest BCUT2D eigenvalue weighted by molar-refractivity contribution is 6.42. The molecule has 0 aliphatic rings. The van der Waals surface area contributed by atoms with Crippen LogP contribution in [0.3, 0.4) is 0 Å². The molecular weight excluding hydrogens is 381 g/mol. The summed E-state index contributed by atoms with van der Waals surface area (Å²) in [6.45, 7) is -0.276. The van der Waals surface area contributed by atoms with Crippen molar-refractivity contribution in [3.8, 4) is 0 Å². The molecule has 1 N–H and O–H groups in total. The third-order valence-electron chi connectivity index (χ3n) is 3.35. The van der Waals surface area contributed by atoms with Crippen molar-refractivity contribution >= 4 is 41.0 Å². The quantitative estimate of drug-likeness (QED) is 0.759. The summed E-state index contributed by atoms with van der Waals surface area (Å²) in [5.74, 6) is -1.52. The zero-order chi connectivity index (χ0) is 19.1. The first kappa shape index (κ1) is 19.8. The summed E-state index contributed by atoms with van der Waals surface area (Å²) >= 11 is 11.6. The van der Waals surface area contributed by atoms with E-state index in [2.05, 4.69) is 10.1 Å². The van der Waals surface area contributed by atoms with Crippen molar-refractivity contribution in [3.05, 3.63) is 69.2 Å². The van der Waals surface area contributed by atoms with E-state index >= 15 is 0 Å². The number of hydrogen-bond donors (Lipinski definition) is 1. The lowest BCUT2D eigenvalue weighted by molar-refractivity contribution is -0.143. The Balaban J connectivity index is 1.80. The van der Waals surface area contributed by atoms with Crippen LogP contribution in [-0.4, -0.2) is 31.5 Å². The Morgan fingerprint density at radius 3 is 2.23 bits per heavy atom. The van der Waals surface area contributed by atoms with Gasteiger partial charge in [0, 0.05) is 5.56 Å². The number of hydrogen-bond acceptors (Lipinski definition) is 5. The van der Waals surface area contributed by atoms with E-state index in [0.717, 1.165) is 0 Å². The van der Waals surface area contributed by atoms with Gasteiger partial charge >= 0.3 is 11.9 Å². The molecule has 0 spiro atoms. The van der Waals surface area contributed by atoms with Crippen LogP contribution in [0.4, 0.5) is 0 Å². The Labute approximate surface area is 160 Å². The second kappa shape index (κ2) is 9.22. The summed E-state index contributed by atoms with van der Waals surface area (Å²) in [5, 5.41) is 3.02. The van der Waals surface area contributed by atoms with Gasteiger partial charge in [0.1, 0.15) is 13.2 Å². The SMILES string of the molecule is COC(=O)c1ccc(COC(=O)CNC(=O)c2ccc(Cl)c(Cl)c2)cc1. The zero-order valence-corrected chi connectivity index (χ0v) is 15.3. The van der Waals surface area contributed by atoms with Gasteiger partial charge in [0.25, 0.3) is 5.91 Å². The number of esters is 2. The van der Waals surface area contributed by atoms with E-state index in [1.54, 1.807) is 24.3 Å². The average molecular weight is 396 g/mol. The molecule has 0 saturated carbocycles. The number of halogens is 2. The predicted octanol–water partition coefficient (Wildman–Crippen LogP) is 3.25. The van der Waals surface area contributed by atoms with E-state index in [4.69, 9.17) is 27.9 Å². The van der Waals surface area contributed by atoms with Gasteiger partial charge in [-0.25, -0.2) is 4.79 Å². The number of amides is 1. The monoisotopic (exact) mass is 395 g/mol. The molecule has 0 unspecified atom stereocenters. The van der Waals surface area contributed by atoms with Crippen LogP contribution in [0, 0.1) is 0 Å². The summed E-state index contributed by atoms with van der Waals surface area (Å²) in [6.07, 6.45) is 0. The molecule has 136 valence electrons. The topological polar surface area (TPSA) is 81.7 Å². The maximum Gasteiger partial charge on any atom is 0.337 e. The molecule has 0 fully saturated rings. The van der Waals surface area contributed by atoms with Gasteiger partial charge in [0.05, 0.1) is 22.7 Å². The first-order chi connectivity index (χ1) is 12.4. The standard InChI is InChI=1S/C18H15Cl2NO5/c1-25-18(24)12-4-2-11(3-5-12)10-26-16(22)9-21-17(23)13-6-7-14(19)15(20)8-13/h2-8H,9-10H2,1H3,(H,21,23). The highest BCUT2D eigenvalue weighted by Crippen LogP contribution is 2.22. The Bertz CT molecular complexity index is 821. The maximum absolute atomic E-state index is 12.0. The van der Waals surface area contributed by atoms with Crippen LogP contribution in [-0.2, 0) is 20.9 Å². The number of carbonyl (C=O) groups is 3. The van der Waals surface area contributed by atoms with Gasteiger partial charge in [-0.2, -0.15) is 0 Å². The summed E-state index contributed by atoms with van der Waals surface area (Å²) in [5.41, 5.74) is 1.38. The van der Waals surface area contributed by atoms with Crippen LogP contribution in [0.25, 0.3) is 0 Å². The number of methoxy groups -OCH3 is 1.